The van der Waals surface area contributed by atoms with Crippen molar-refractivity contribution in [1.82, 2.24) is 5.32 Å². The van der Waals surface area contributed by atoms with E-state index in [0.29, 0.717) is 12.1 Å². The molecule has 0 aromatic heterocycles. The molecule has 1 amide bonds. The Bertz CT molecular complexity index is 438. The van der Waals surface area contributed by atoms with Gasteiger partial charge >= 0.3 is 0 Å². The Morgan fingerprint density at radius 1 is 1.30 bits per heavy atom. The van der Waals surface area contributed by atoms with Crippen LogP contribution in [0.2, 0.25) is 0 Å². The molecule has 0 radical (unpaired) electrons. The monoisotopic (exact) mass is 278 g/mol. The molecule has 2 rings (SSSR count). The molecule has 0 spiro atoms. The van der Waals surface area contributed by atoms with Crippen LogP contribution >= 0.6 is 0 Å². The Morgan fingerprint density at radius 2 is 1.90 bits per heavy atom. The summed E-state index contributed by atoms with van der Waals surface area (Å²) in [6, 6.07) is 7.46. The minimum absolute atomic E-state index is 0.0560. The molecular formula is C16H23FN2O. The van der Waals surface area contributed by atoms with Gasteiger partial charge in [-0.3, -0.25) is 4.79 Å². The molecule has 1 aliphatic carbocycles. The quantitative estimate of drug-likeness (QED) is 0.869. The van der Waals surface area contributed by atoms with E-state index in [1.807, 2.05) is 12.1 Å². The van der Waals surface area contributed by atoms with Crippen molar-refractivity contribution in [1.29, 1.82) is 0 Å². The molecule has 1 aliphatic rings. The van der Waals surface area contributed by atoms with Crippen LogP contribution in [-0.2, 0) is 11.2 Å². The topological polar surface area (TPSA) is 55.1 Å². The van der Waals surface area contributed by atoms with E-state index in [2.05, 4.69) is 12.2 Å². The van der Waals surface area contributed by atoms with Crippen LogP contribution in [0.5, 0.6) is 0 Å². The van der Waals surface area contributed by atoms with Crippen molar-refractivity contribution in [2.45, 2.75) is 51.1 Å². The first-order valence-corrected chi connectivity index (χ1v) is 7.34. The van der Waals surface area contributed by atoms with E-state index >= 15 is 0 Å². The first-order chi connectivity index (χ1) is 9.54. The predicted molar refractivity (Wildman–Crippen MR) is 77.6 cm³/mol. The zero-order valence-corrected chi connectivity index (χ0v) is 11.9. The minimum atomic E-state index is -0.195. The van der Waals surface area contributed by atoms with Crippen LogP contribution in [0.1, 0.15) is 38.2 Å². The van der Waals surface area contributed by atoms with E-state index in [1.54, 1.807) is 0 Å². The predicted octanol–water partition coefficient (Wildman–Crippen LogP) is 2.39. The highest BCUT2D eigenvalue weighted by Crippen LogP contribution is 2.24. The molecule has 4 heteroatoms. The lowest BCUT2D eigenvalue weighted by Crippen LogP contribution is -2.41. The number of nitrogens with one attached hydrogen (secondary N) is 1. The van der Waals surface area contributed by atoms with Crippen LogP contribution in [0, 0.1) is 11.7 Å². The zero-order chi connectivity index (χ0) is 14.5. The van der Waals surface area contributed by atoms with Crippen molar-refractivity contribution in [3.8, 4) is 0 Å². The fourth-order valence-corrected chi connectivity index (χ4v) is 2.98. The Morgan fingerprint density at radius 3 is 2.45 bits per heavy atom. The molecule has 0 saturated heterocycles. The summed E-state index contributed by atoms with van der Waals surface area (Å²) in [6.45, 7) is 2.14. The Hall–Kier alpha value is -1.42. The summed E-state index contributed by atoms with van der Waals surface area (Å²) in [6.07, 6.45) is 4.66. The van der Waals surface area contributed by atoms with Crippen molar-refractivity contribution < 1.29 is 9.18 Å². The molecule has 0 bridgehead atoms. The van der Waals surface area contributed by atoms with Gasteiger partial charge in [0.2, 0.25) is 5.91 Å². The number of carbonyl (C=O) groups excluding carboxylic acids is 1. The number of hydrogen-bond donors (Lipinski definition) is 2. The smallest absolute Gasteiger partial charge is 0.220 e. The molecule has 3 nitrogen and oxygen atoms in total. The molecule has 110 valence electrons. The molecule has 1 aromatic carbocycles. The van der Waals surface area contributed by atoms with Gasteiger partial charge in [-0.25, -0.2) is 4.39 Å². The zero-order valence-electron chi connectivity index (χ0n) is 11.9. The van der Waals surface area contributed by atoms with Gasteiger partial charge in [-0.1, -0.05) is 12.1 Å². The number of halogens is 1. The Labute approximate surface area is 119 Å². The third-order valence-electron chi connectivity index (χ3n) is 4.10. The number of rotatable bonds is 5. The van der Waals surface area contributed by atoms with E-state index in [9.17, 15) is 9.18 Å². The molecule has 0 heterocycles. The first kappa shape index (κ1) is 15.0. The van der Waals surface area contributed by atoms with E-state index in [-0.39, 0.29) is 17.6 Å². The standard InChI is InChI=1S/C16H23FN2O/c1-11(10-12-2-6-14(17)7-3-12)19-15-8-4-13(5-9-15)16(18)20/h2-3,6-7,11,13,15,19H,4-5,8-10H2,1H3,(H2,18,20). The van der Waals surface area contributed by atoms with Gasteiger partial charge in [0.15, 0.2) is 0 Å². The summed E-state index contributed by atoms with van der Waals surface area (Å²) in [5.74, 6) is -0.303. The summed E-state index contributed by atoms with van der Waals surface area (Å²) in [7, 11) is 0. The molecule has 1 aromatic rings. The van der Waals surface area contributed by atoms with Crippen LogP contribution in [-0.4, -0.2) is 18.0 Å². The van der Waals surface area contributed by atoms with Gasteiger partial charge in [0, 0.05) is 18.0 Å². The summed E-state index contributed by atoms with van der Waals surface area (Å²) in [5, 5.41) is 3.60. The van der Waals surface area contributed by atoms with Crippen molar-refractivity contribution >= 4 is 5.91 Å². The Kier molecular flexibility index (Phi) is 5.12. The normalized spacial score (nSPS) is 24.3. The SMILES string of the molecule is CC(Cc1ccc(F)cc1)NC1CCC(C(N)=O)CC1. The van der Waals surface area contributed by atoms with Crippen molar-refractivity contribution in [2.75, 3.05) is 0 Å². The number of carbonyl (C=O) groups is 1. The lowest BCUT2D eigenvalue weighted by atomic mass is 9.85. The van der Waals surface area contributed by atoms with E-state index in [4.69, 9.17) is 5.73 Å². The average Bonchev–Trinajstić information content (AvgIpc) is 2.42. The fraction of sp³-hybridized carbons (Fsp3) is 0.562. The number of benzene rings is 1. The third kappa shape index (κ3) is 4.30. The van der Waals surface area contributed by atoms with Gasteiger partial charge in [-0.15, -0.1) is 0 Å². The fourth-order valence-electron chi connectivity index (χ4n) is 2.98. The summed E-state index contributed by atoms with van der Waals surface area (Å²) in [5.41, 5.74) is 6.47. The summed E-state index contributed by atoms with van der Waals surface area (Å²) < 4.78 is 12.8. The van der Waals surface area contributed by atoms with Crippen LogP contribution < -0.4 is 11.1 Å². The van der Waals surface area contributed by atoms with E-state index < -0.39 is 0 Å². The maximum absolute atomic E-state index is 12.8. The maximum Gasteiger partial charge on any atom is 0.220 e. The summed E-state index contributed by atoms with van der Waals surface area (Å²) in [4.78, 5) is 11.1. The van der Waals surface area contributed by atoms with Gasteiger partial charge in [0.25, 0.3) is 0 Å². The third-order valence-corrected chi connectivity index (χ3v) is 4.10. The average molecular weight is 278 g/mol. The van der Waals surface area contributed by atoms with E-state index in [1.165, 1.54) is 12.1 Å². The van der Waals surface area contributed by atoms with Gasteiger partial charge in [0.05, 0.1) is 0 Å². The highest BCUT2D eigenvalue weighted by Gasteiger charge is 2.25. The van der Waals surface area contributed by atoms with Gasteiger partial charge < -0.3 is 11.1 Å². The number of amides is 1. The van der Waals surface area contributed by atoms with Gasteiger partial charge in [-0.2, -0.15) is 0 Å². The number of nitrogens with two attached hydrogens (primary N) is 1. The van der Waals surface area contributed by atoms with Crippen LogP contribution in [0.15, 0.2) is 24.3 Å². The molecule has 0 aliphatic heterocycles. The molecule has 3 N–H and O–H groups in total. The highest BCUT2D eigenvalue weighted by atomic mass is 19.1. The molecule has 1 unspecified atom stereocenters. The van der Waals surface area contributed by atoms with Crippen molar-refractivity contribution in [3.05, 3.63) is 35.6 Å². The number of primary amides is 1. The molecule has 1 atom stereocenters. The van der Waals surface area contributed by atoms with E-state index in [0.717, 1.165) is 37.7 Å². The van der Waals surface area contributed by atoms with Gasteiger partial charge in [0.1, 0.15) is 5.82 Å². The Balaban J connectivity index is 1.76. The van der Waals surface area contributed by atoms with Crippen molar-refractivity contribution in [2.24, 2.45) is 11.7 Å². The van der Waals surface area contributed by atoms with Crippen LogP contribution in [0.25, 0.3) is 0 Å². The largest absolute Gasteiger partial charge is 0.369 e. The lowest BCUT2D eigenvalue weighted by Gasteiger charge is -2.30. The van der Waals surface area contributed by atoms with Crippen LogP contribution in [0.4, 0.5) is 4.39 Å². The molecule has 1 fully saturated rings. The maximum atomic E-state index is 12.8. The second kappa shape index (κ2) is 6.84. The minimum Gasteiger partial charge on any atom is -0.369 e. The molecular weight excluding hydrogens is 255 g/mol. The van der Waals surface area contributed by atoms with Crippen LogP contribution in [0.3, 0.4) is 0 Å². The second-order valence-electron chi connectivity index (χ2n) is 5.85. The highest BCUT2D eigenvalue weighted by molar-refractivity contribution is 5.76. The molecule has 20 heavy (non-hydrogen) atoms. The molecule has 1 saturated carbocycles. The summed E-state index contributed by atoms with van der Waals surface area (Å²) >= 11 is 0. The second-order valence-corrected chi connectivity index (χ2v) is 5.85. The number of hydrogen-bond acceptors (Lipinski definition) is 2. The lowest BCUT2D eigenvalue weighted by molar-refractivity contribution is -0.122. The first-order valence-electron chi connectivity index (χ1n) is 7.34. The van der Waals surface area contributed by atoms with Crippen molar-refractivity contribution in [3.63, 3.8) is 0 Å². The van der Waals surface area contributed by atoms with Gasteiger partial charge in [-0.05, 0) is 56.7 Å².